The summed E-state index contributed by atoms with van der Waals surface area (Å²) < 4.78 is 0. The molecule has 1 unspecified atom stereocenters. The summed E-state index contributed by atoms with van der Waals surface area (Å²) in [5.41, 5.74) is 0.0121. The Morgan fingerprint density at radius 2 is 1.61 bits per heavy atom. The van der Waals surface area contributed by atoms with E-state index in [1.807, 2.05) is 13.8 Å². The van der Waals surface area contributed by atoms with Gasteiger partial charge in [-0.15, -0.1) is 0 Å². The van der Waals surface area contributed by atoms with E-state index >= 15 is 0 Å². The summed E-state index contributed by atoms with van der Waals surface area (Å²) in [5, 5.41) is 10.4. The molecular weight excluding hydrogens is 222 g/mol. The quantitative estimate of drug-likeness (QED) is 0.834. The van der Waals surface area contributed by atoms with Gasteiger partial charge >= 0.3 is 0 Å². The van der Waals surface area contributed by atoms with Crippen LogP contribution in [0, 0.1) is 16.7 Å². The van der Waals surface area contributed by atoms with Gasteiger partial charge < -0.3 is 10.0 Å². The van der Waals surface area contributed by atoms with Gasteiger partial charge in [0.05, 0.1) is 5.60 Å². The highest BCUT2D eigenvalue weighted by atomic mass is 16.3. The fourth-order valence-corrected chi connectivity index (χ4v) is 3.83. The largest absolute Gasteiger partial charge is 0.390 e. The Bertz CT molecular complexity index is 306. The number of nitrogens with zero attached hydrogens (tertiary/aromatic N) is 1. The van der Waals surface area contributed by atoms with Crippen LogP contribution in [0.4, 0.5) is 0 Å². The SMILES string of the molecule is CC(C)N1CCC2(CC1)CC2C(C)(C)C(C)(C)O. The Morgan fingerprint density at radius 3 is 2.00 bits per heavy atom. The Morgan fingerprint density at radius 1 is 1.11 bits per heavy atom. The summed E-state index contributed by atoms with van der Waals surface area (Å²) >= 11 is 0. The minimum absolute atomic E-state index is 0.0347. The van der Waals surface area contributed by atoms with Crippen LogP contribution in [0.1, 0.15) is 60.8 Å². The normalized spacial score (nSPS) is 29.0. The minimum atomic E-state index is -0.573. The predicted octanol–water partition coefficient (Wildman–Crippen LogP) is 3.29. The second kappa shape index (κ2) is 4.21. The molecule has 0 amide bonds. The van der Waals surface area contributed by atoms with Gasteiger partial charge in [0, 0.05) is 6.04 Å². The molecule has 1 saturated heterocycles. The van der Waals surface area contributed by atoms with Gasteiger partial charge in [0.25, 0.3) is 0 Å². The first kappa shape index (κ1) is 14.3. The van der Waals surface area contributed by atoms with Crippen molar-refractivity contribution < 1.29 is 5.11 Å². The van der Waals surface area contributed by atoms with Gasteiger partial charge in [-0.3, -0.25) is 0 Å². The van der Waals surface area contributed by atoms with Gasteiger partial charge in [0.2, 0.25) is 0 Å². The maximum absolute atomic E-state index is 10.4. The van der Waals surface area contributed by atoms with Crippen LogP contribution in [0.25, 0.3) is 0 Å². The molecule has 1 N–H and O–H groups in total. The van der Waals surface area contributed by atoms with E-state index in [4.69, 9.17) is 0 Å². The van der Waals surface area contributed by atoms with Gasteiger partial charge in [0.1, 0.15) is 0 Å². The third-order valence-electron chi connectivity index (χ3n) is 6.16. The van der Waals surface area contributed by atoms with Crippen LogP contribution in [0.15, 0.2) is 0 Å². The van der Waals surface area contributed by atoms with Crippen molar-refractivity contribution in [2.75, 3.05) is 13.1 Å². The van der Waals surface area contributed by atoms with Gasteiger partial charge in [-0.2, -0.15) is 0 Å². The lowest BCUT2D eigenvalue weighted by Gasteiger charge is -2.42. The van der Waals surface area contributed by atoms with Crippen molar-refractivity contribution in [2.24, 2.45) is 16.7 Å². The maximum atomic E-state index is 10.4. The van der Waals surface area contributed by atoms with Crippen molar-refractivity contribution in [3.8, 4) is 0 Å². The van der Waals surface area contributed by atoms with Crippen LogP contribution in [0.2, 0.25) is 0 Å². The van der Waals surface area contributed by atoms with Crippen LogP contribution >= 0.6 is 0 Å². The molecule has 2 rings (SSSR count). The molecule has 0 aromatic carbocycles. The monoisotopic (exact) mass is 253 g/mol. The van der Waals surface area contributed by atoms with E-state index in [0.29, 0.717) is 17.4 Å². The molecule has 0 aromatic heterocycles. The standard InChI is InChI=1S/C16H31NO/c1-12(2)17-9-7-16(8-10-17)11-13(16)14(3,4)15(5,6)18/h12-13,18H,7-11H2,1-6H3. The zero-order chi connectivity index (χ0) is 13.8. The second-order valence-electron chi connectivity index (χ2n) is 8.03. The minimum Gasteiger partial charge on any atom is -0.390 e. The molecule has 1 heterocycles. The van der Waals surface area contributed by atoms with Crippen LogP contribution in [-0.2, 0) is 0 Å². The fraction of sp³-hybridized carbons (Fsp3) is 1.00. The molecule has 2 fully saturated rings. The third-order valence-corrected chi connectivity index (χ3v) is 6.16. The Labute approximate surface area is 113 Å². The average Bonchev–Trinajstić information content (AvgIpc) is 2.92. The molecule has 106 valence electrons. The first-order chi connectivity index (χ1) is 8.10. The van der Waals surface area contributed by atoms with Crippen LogP contribution in [0.5, 0.6) is 0 Å². The Kier molecular flexibility index (Phi) is 3.35. The smallest absolute Gasteiger partial charge is 0.0645 e. The van der Waals surface area contributed by atoms with E-state index < -0.39 is 5.60 Å². The molecule has 2 heteroatoms. The average molecular weight is 253 g/mol. The van der Waals surface area contributed by atoms with E-state index in [9.17, 15) is 5.11 Å². The topological polar surface area (TPSA) is 23.5 Å². The van der Waals surface area contributed by atoms with Gasteiger partial charge in [-0.1, -0.05) is 13.8 Å². The second-order valence-corrected chi connectivity index (χ2v) is 8.03. The number of hydrogen-bond acceptors (Lipinski definition) is 2. The molecular formula is C16H31NO. The fourth-order valence-electron chi connectivity index (χ4n) is 3.83. The van der Waals surface area contributed by atoms with Crippen molar-refractivity contribution in [2.45, 2.75) is 72.4 Å². The number of aliphatic hydroxyl groups is 1. The first-order valence-corrected chi connectivity index (χ1v) is 7.57. The molecule has 1 saturated carbocycles. The Balaban J connectivity index is 2.00. The summed E-state index contributed by atoms with van der Waals surface area (Å²) in [6.07, 6.45) is 3.99. The molecule has 2 nitrogen and oxygen atoms in total. The highest BCUT2D eigenvalue weighted by molar-refractivity contribution is 5.13. The van der Waals surface area contributed by atoms with Crippen molar-refractivity contribution >= 4 is 0 Å². The number of rotatable bonds is 3. The zero-order valence-corrected chi connectivity index (χ0v) is 13.1. The lowest BCUT2D eigenvalue weighted by Crippen LogP contribution is -2.44. The summed E-state index contributed by atoms with van der Waals surface area (Å²) in [6, 6.07) is 0.682. The van der Waals surface area contributed by atoms with Crippen molar-refractivity contribution in [1.82, 2.24) is 4.90 Å². The molecule has 1 aliphatic carbocycles. The molecule has 0 bridgehead atoms. The predicted molar refractivity (Wildman–Crippen MR) is 76.6 cm³/mol. The van der Waals surface area contributed by atoms with E-state index in [2.05, 4.69) is 32.6 Å². The van der Waals surface area contributed by atoms with Crippen LogP contribution in [0.3, 0.4) is 0 Å². The van der Waals surface area contributed by atoms with Gasteiger partial charge in [-0.25, -0.2) is 0 Å². The zero-order valence-electron chi connectivity index (χ0n) is 13.1. The third kappa shape index (κ3) is 2.22. The molecule has 1 aliphatic heterocycles. The summed E-state index contributed by atoms with van der Waals surface area (Å²) in [4.78, 5) is 2.59. The van der Waals surface area contributed by atoms with E-state index in [-0.39, 0.29) is 5.41 Å². The molecule has 2 aliphatic rings. The molecule has 1 spiro atoms. The van der Waals surface area contributed by atoms with Gasteiger partial charge in [-0.05, 0) is 76.8 Å². The van der Waals surface area contributed by atoms with E-state index in [1.54, 1.807) is 0 Å². The van der Waals surface area contributed by atoms with Crippen molar-refractivity contribution in [3.63, 3.8) is 0 Å². The van der Waals surface area contributed by atoms with Crippen LogP contribution < -0.4 is 0 Å². The number of hydrogen-bond donors (Lipinski definition) is 1. The highest BCUT2D eigenvalue weighted by Gasteiger charge is 2.63. The molecule has 1 atom stereocenters. The summed E-state index contributed by atoms with van der Waals surface area (Å²) in [7, 11) is 0. The molecule has 18 heavy (non-hydrogen) atoms. The van der Waals surface area contributed by atoms with Crippen LogP contribution in [-0.4, -0.2) is 34.7 Å². The molecule has 0 aromatic rings. The van der Waals surface area contributed by atoms with Gasteiger partial charge in [0.15, 0.2) is 0 Å². The summed E-state index contributed by atoms with van der Waals surface area (Å²) in [5.74, 6) is 0.708. The lowest BCUT2D eigenvalue weighted by atomic mass is 9.69. The maximum Gasteiger partial charge on any atom is 0.0645 e. The first-order valence-electron chi connectivity index (χ1n) is 7.57. The highest BCUT2D eigenvalue weighted by Crippen LogP contribution is 2.68. The molecule has 0 radical (unpaired) electrons. The lowest BCUT2D eigenvalue weighted by molar-refractivity contribution is -0.0589. The Hall–Kier alpha value is -0.0800. The van der Waals surface area contributed by atoms with Crippen molar-refractivity contribution in [3.05, 3.63) is 0 Å². The number of likely N-dealkylation sites (tertiary alicyclic amines) is 1. The van der Waals surface area contributed by atoms with Crippen molar-refractivity contribution in [1.29, 1.82) is 0 Å². The number of piperidine rings is 1. The van der Waals surface area contributed by atoms with E-state index in [1.165, 1.54) is 32.4 Å². The summed E-state index contributed by atoms with van der Waals surface area (Å²) in [6.45, 7) is 15.5. The van der Waals surface area contributed by atoms with E-state index in [0.717, 1.165) is 0 Å².